The molecule has 2 aromatic carbocycles. The van der Waals surface area contributed by atoms with Gasteiger partial charge < -0.3 is 19.3 Å². The van der Waals surface area contributed by atoms with Crippen molar-refractivity contribution in [2.75, 3.05) is 24.7 Å². The zero-order chi connectivity index (χ0) is 29.3. The topological polar surface area (TPSA) is 111 Å². The summed E-state index contributed by atoms with van der Waals surface area (Å²) in [6.07, 6.45) is 0.823. The van der Waals surface area contributed by atoms with Crippen molar-refractivity contribution in [3.63, 3.8) is 0 Å². The summed E-state index contributed by atoms with van der Waals surface area (Å²) in [5.41, 5.74) is 1.77. The molecule has 0 saturated heterocycles. The van der Waals surface area contributed by atoms with E-state index in [1.807, 2.05) is 45.9 Å². The fraction of sp³-hybridized carbons (Fsp3) is 0.333. The maximum Gasteiger partial charge on any atom is 0.296 e. The van der Waals surface area contributed by atoms with Gasteiger partial charge in [-0.1, -0.05) is 24.3 Å². The van der Waals surface area contributed by atoms with E-state index in [0.717, 1.165) is 16.1 Å². The summed E-state index contributed by atoms with van der Waals surface area (Å²) in [6, 6.07) is 9.87. The molecule has 0 saturated carbocycles. The lowest BCUT2D eigenvalue weighted by atomic mass is 9.95. The summed E-state index contributed by atoms with van der Waals surface area (Å²) < 4.78 is 18.2. The highest BCUT2D eigenvalue weighted by molar-refractivity contribution is 7.22. The molecule has 1 N–H and O–H groups in total. The summed E-state index contributed by atoms with van der Waals surface area (Å²) in [5.74, 6) is -0.0206. The minimum atomic E-state index is -0.955. The number of fused-ring (bicyclic) bond motifs is 1. The van der Waals surface area contributed by atoms with Crippen molar-refractivity contribution in [2.45, 2.75) is 47.1 Å². The van der Waals surface area contributed by atoms with E-state index < -0.39 is 23.5 Å². The van der Waals surface area contributed by atoms with Crippen molar-refractivity contribution in [1.82, 2.24) is 9.97 Å². The Morgan fingerprint density at radius 2 is 1.76 bits per heavy atom. The molecule has 0 bridgehead atoms. The first-order valence-corrected chi connectivity index (χ1v) is 15.1. The van der Waals surface area contributed by atoms with Crippen LogP contribution in [0.5, 0.6) is 17.2 Å². The Balaban J connectivity index is 1.67. The summed E-state index contributed by atoms with van der Waals surface area (Å²) in [6.45, 7) is 10.8. The van der Waals surface area contributed by atoms with Crippen LogP contribution in [0.1, 0.15) is 59.2 Å². The van der Waals surface area contributed by atoms with Crippen LogP contribution in [0, 0.1) is 13.8 Å². The highest BCUT2D eigenvalue weighted by atomic mass is 32.1. The number of nitrogens with zero attached hydrogens (tertiary/aromatic N) is 3. The SMILES string of the molecule is CCCOc1ccc(C2C(C(=O)c3sc(C)nc3C)=C(O)C(=O)N2c2nc3ccc(OCC)cc3s2)cc1OCC. The molecule has 41 heavy (non-hydrogen) atoms. The van der Waals surface area contributed by atoms with E-state index in [9.17, 15) is 14.7 Å². The van der Waals surface area contributed by atoms with Gasteiger partial charge in [0.25, 0.3) is 5.91 Å². The van der Waals surface area contributed by atoms with Gasteiger partial charge in [-0.05, 0) is 70.0 Å². The Morgan fingerprint density at radius 1 is 0.976 bits per heavy atom. The lowest BCUT2D eigenvalue weighted by molar-refractivity contribution is -0.117. The van der Waals surface area contributed by atoms with E-state index in [1.54, 1.807) is 25.1 Å². The van der Waals surface area contributed by atoms with Crippen LogP contribution in [0.3, 0.4) is 0 Å². The first kappa shape index (κ1) is 28.6. The van der Waals surface area contributed by atoms with E-state index in [2.05, 4.69) is 4.98 Å². The summed E-state index contributed by atoms with van der Waals surface area (Å²) in [4.78, 5) is 38.6. The van der Waals surface area contributed by atoms with Gasteiger partial charge in [-0.15, -0.1) is 11.3 Å². The molecule has 1 aliphatic heterocycles. The molecular formula is C30H31N3O6S2. The number of ether oxygens (including phenoxy) is 3. The number of hydrogen-bond acceptors (Lipinski definition) is 10. The van der Waals surface area contributed by atoms with Crippen molar-refractivity contribution in [1.29, 1.82) is 0 Å². The Hall–Kier alpha value is -3.96. The number of aliphatic hydroxyl groups is 1. The van der Waals surface area contributed by atoms with Crippen LogP contribution in [0.2, 0.25) is 0 Å². The second-order valence-electron chi connectivity index (χ2n) is 9.36. The molecule has 0 radical (unpaired) electrons. The summed E-state index contributed by atoms with van der Waals surface area (Å²) in [5, 5.41) is 12.3. The van der Waals surface area contributed by atoms with E-state index in [4.69, 9.17) is 19.2 Å². The molecule has 0 aliphatic carbocycles. The smallest absolute Gasteiger partial charge is 0.296 e. The second kappa shape index (κ2) is 11.9. The highest BCUT2D eigenvalue weighted by Crippen LogP contribution is 2.46. The van der Waals surface area contributed by atoms with Gasteiger partial charge in [0, 0.05) is 0 Å². The number of Topliss-reactive ketones (excluding diaryl/α,β-unsaturated/α-hetero) is 1. The number of ketones is 1. The number of aliphatic hydroxyl groups excluding tert-OH is 1. The number of thiazole rings is 2. The fourth-order valence-corrected chi connectivity index (χ4v) is 6.66. The zero-order valence-corrected chi connectivity index (χ0v) is 25.1. The van der Waals surface area contributed by atoms with Crippen LogP contribution in [0.15, 0.2) is 47.7 Å². The Kier molecular flexibility index (Phi) is 8.27. The van der Waals surface area contributed by atoms with E-state index in [1.165, 1.54) is 27.6 Å². The minimum absolute atomic E-state index is 0.0271. The lowest BCUT2D eigenvalue weighted by Crippen LogP contribution is -2.31. The molecule has 4 aromatic rings. The van der Waals surface area contributed by atoms with Crippen LogP contribution in [-0.2, 0) is 4.79 Å². The predicted octanol–water partition coefficient (Wildman–Crippen LogP) is 6.74. The number of benzene rings is 2. The van der Waals surface area contributed by atoms with Crippen molar-refractivity contribution < 1.29 is 28.9 Å². The average Bonchev–Trinajstić information content (AvgIpc) is 3.60. The third-order valence-corrected chi connectivity index (χ3v) is 8.56. The maximum atomic E-state index is 14.0. The predicted molar refractivity (Wildman–Crippen MR) is 160 cm³/mol. The Labute approximate surface area is 246 Å². The van der Waals surface area contributed by atoms with Crippen molar-refractivity contribution in [2.24, 2.45) is 0 Å². The van der Waals surface area contributed by atoms with Gasteiger partial charge in [0.2, 0.25) is 5.78 Å². The molecule has 11 heteroatoms. The third-order valence-electron chi connectivity index (χ3n) is 6.47. The summed E-state index contributed by atoms with van der Waals surface area (Å²) >= 11 is 2.52. The lowest BCUT2D eigenvalue weighted by Gasteiger charge is -2.25. The first-order valence-electron chi connectivity index (χ1n) is 13.5. The van der Waals surface area contributed by atoms with E-state index in [-0.39, 0.29) is 5.57 Å². The van der Waals surface area contributed by atoms with Crippen LogP contribution in [-0.4, -0.2) is 46.6 Å². The molecule has 0 fully saturated rings. The maximum absolute atomic E-state index is 14.0. The third kappa shape index (κ3) is 5.39. The normalized spacial score (nSPS) is 15.2. The van der Waals surface area contributed by atoms with Crippen molar-refractivity contribution >= 4 is 49.7 Å². The van der Waals surface area contributed by atoms with Gasteiger partial charge in [0.05, 0.1) is 57.2 Å². The van der Waals surface area contributed by atoms with Crippen LogP contribution >= 0.6 is 22.7 Å². The molecule has 0 spiro atoms. The fourth-order valence-electron chi connectivity index (χ4n) is 4.76. The van der Waals surface area contributed by atoms with Crippen LogP contribution in [0.25, 0.3) is 10.2 Å². The Morgan fingerprint density at radius 3 is 2.44 bits per heavy atom. The van der Waals surface area contributed by atoms with E-state index >= 15 is 0 Å². The van der Waals surface area contributed by atoms with Gasteiger partial charge >= 0.3 is 0 Å². The highest BCUT2D eigenvalue weighted by Gasteiger charge is 2.46. The molecule has 1 atom stereocenters. The van der Waals surface area contributed by atoms with Crippen molar-refractivity contribution in [3.8, 4) is 17.2 Å². The molecule has 1 amide bonds. The number of carbonyl (C=O) groups is 2. The molecule has 214 valence electrons. The van der Waals surface area contributed by atoms with E-state index in [0.29, 0.717) is 63.9 Å². The van der Waals surface area contributed by atoms with Crippen molar-refractivity contribution in [3.05, 3.63) is 68.9 Å². The second-order valence-corrected chi connectivity index (χ2v) is 11.6. The van der Waals surface area contributed by atoms with Gasteiger partial charge in [-0.2, -0.15) is 0 Å². The molecule has 2 aromatic heterocycles. The number of carbonyl (C=O) groups excluding carboxylic acids is 2. The molecule has 5 rings (SSSR count). The first-order chi connectivity index (χ1) is 19.8. The standard InChI is InChI=1S/C30H31N3O6S2/c1-6-13-39-21-12-9-18(14-22(21)38-8-3)25-24(26(34)28-16(4)31-17(5)40-28)27(35)29(36)33(25)30-32-20-11-10-19(37-7-2)15-23(20)41-30/h9-12,14-15,25,35H,6-8,13H2,1-5H3. The quantitative estimate of drug-likeness (QED) is 0.190. The molecule has 1 unspecified atom stereocenters. The van der Waals surface area contributed by atoms with Gasteiger partial charge in [-0.3, -0.25) is 14.5 Å². The molecule has 1 aliphatic rings. The number of aryl methyl sites for hydroxylation is 2. The Bertz CT molecular complexity index is 1660. The largest absolute Gasteiger partial charge is 0.503 e. The minimum Gasteiger partial charge on any atom is -0.503 e. The van der Waals surface area contributed by atoms with Gasteiger partial charge in [-0.25, -0.2) is 9.97 Å². The van der Waals surface area contributed by atoms with Gasteiger partial charge in [0.15, 0.2) is 22.4 Å². The van der Waals surface area contributed by atoms with Crippen LogP contribution < -0.4 is 19.1 Å². The monoisotopic (exact) mass is 593 g/mol. The van der Waals surface area contributed by atoms with Gasteiger partial charge in [0.1, 0.15) is 5.75 Å². The molecule has 9 nitrogen and oxygen atoms in total. The molecular weight excluding hydrogens is 562 g/mol. The number of anilines is 1. The molecule has 3 heterocycles. The summed E-state index contributed by atoms with van der Waals surface area (Å²) in [7, 11) is 0. The van der Waals surface area contributed by atoms with Crippen LogP contribution in [0.4, 0.5) is 5.13 Å². The number of amides is 1. The average molecular weight is 594 g/mol. The number of rotatable bonds is 11. The zero-order valence-electron chi connectivity index (χ0n) is 23.5. The number of hydrogen-bond donors (Lipinski definition) is 1. The number of aromatic nitrogens is 2.